The number of nitro groups is 1. The van der Waals surface area contributed by atoms with Gasteiger partial charge < -0.3 is 20.3 Å². The number of nitrogens with two attached hydrogens (primary N) is 1. The first kappa shape index (κ1) is 20.1. The van der Waals surface area contributed by atoms with Crippen LogP contribution in [-0.4, -0.2) is 54.5 Å². The van der Waals surface area contributed by atoms with Gasteiger partial charge in [-0.25, -0.2) is 9.18 Å². The Kier molecular flexibility index (Phi) is 5.91. The maximum absolute atomic E-state index is 13.9. The molecule has 1 heterocycles. The third-order valence-electron chi connectivity index (χ3n) is 4.62. The number of anilines is 2. The molecule has 29 heavy (non-hydrogen) atoms. The molecule has 0 spiro atoms. The molecule has 2 aromatic rings. The van der Waals surface area contributed by atoms with E-state index in [2.05, 4.69) is 0 Å². The summed E-state index contributed by atoms with van der Waals surface area (Å²) in [6.45, 7) is 1.16. The number of hydrogen-bond donors (Lipinski definition) is 1. The zero-order chi connectivity index (χ0) is 21.0. The summed E-state index contributed by atoms with van der Waals surface area (Å²) in [7, 11) is 0. The highest BCUT2D eigenvalue weighted by molar-refractivity contribution is 5.96. The molecule has 0 saturated carbocycles. The second-order valence-corrected chi connectivity index (χ2v) is 6.42. The van der Waals surface area contributed by atoms with Crippen LogP contribution < -0.4 is 10.6 Å². The van der Waals surface area contributed by atoms with E-state index in [4.69, 9.17) is 10.5 Å². The molecule has 152 valence electrons. The number of ether oxygens (including phenoxy) is 1. The molecule has 0 aliphatic carbocycles. The lowest BCUT2D eigenvalue weighted by atomic mass is 10.1. The Balaban J connectivity index is 1.52. The molecule has 1 aliphatic heterocycles. The van der Waals surface area contributed by atoms with E-state index < -0.39 is 17.5 Å². The molecule has 0 radical (unpaired) electrons. The van der Waals surface area contributed by atoms with Crippen LogP contribution >= 0.6 is 0 Å². The van der Waals surface area contributed by atoms with Crippen molar-refractivity contribution in [1.29, 1.82) is 0 Å². The van der Waals surface area contributed by atoms with Crippen LogP contribution in [0.4, 0.5) is 21.5 Å². The molecule has 2 N–H and O–H groups in total. The van der Waals surface area contributed by atoms with E-state index in [1.54, 1.807) is 18.2 Å². The summed E-state index contributed by atoms with van der Waals surface area (Å²) in [6.07, 6.45) is 0. The first-order chi connectivity index (χ1) is 13.9. The fourth-order valence-corrected chi connectivity index (χ4v) is 3.05. The summed E-state index contributed by atoms with van der Waals surface area (Å²) >= 11 is 0. The lowest BCUT2D eigenvalue weighted by molar-refractivity contribution is -0.384. The average molecular weight is 402 g/mol. The van der Waals surface area contributed by atoms with Crippen LogP contribution in [0.1, 0.15) is 10.4 Å². The minimum atomic E-state index is -0.837. The Morgan fingerprint density at radius 2 is 1.83 bits per heavy atom. The maximum Gasteiger partial charge on any atom is 0.340 e. The molecule has 1 aliphatic rings. The molecule has 2 aromatic carbocycles. The molecule has 3 rings (SSSR count). The highest BCUT2D eigenvalue weighted by Gasteiger charge is 2.24. The predicted octanol–water partition coefficient (Wildman–Crippen LogP) is 1.82. The summed E-state index contributed by atoms with van der Waals surface area (Å²) in [4.78, 5) is 37.9. The molecule has 0 aromatic heterocycles. The summed E-state index contributed by atoms with van der Waals surface area (Å²) in [6, 6.07) is 9.81. The Morgan fingerprint density at radius 3 is 2.45 bits per heavy atom. The number of esters is 1. The van der Waals surface area contributed by atoms with E-state index in [1.807, 2.05) is 4.90 Å². The van der Waals surface area contributed by atoms with Crippen molar-refractivity contribution in [2.45, 2.75) is 0 Å². The summed E-state index contributed by atoms with van der Waals surface area (Å²) < 4.78 is 18.9. The van der Waals surface area contributed by atoms with Gasteiger partial charge in [-0.15, -0.1) is 0 Å². The van der Waals surface area contributed by atoms with Crippen molar-refractivity contribution in [2.75, 3.05) is 43.4 Å². The van der Waals surface area contributed by atoms with Crippen molar-refractivity contribution < 1.29 is 23.6 Å². The van der Waals surface area contributed by atoms with Gasteiger partial charge in [0, 0.05) is 38.3 Å². The predicted molar refractivity (Wildman–Crippen MR) is 103 cm³/mol. The lowest BCUT2D eigenvalue weighted by Gasteiger charge is -2.36. The SMILES string of the molecule is Nc1cc([N+](=O)[O-])ccc1C(=O)OCC(=O)N1CCN(c2ccccc2F)CC1. The van der Waals surface area contributed by atoms with E-state index in [-0.39, 0.29) is 28.7 Å². The number of hydrogen-bond acceptors (Lipinski definition) is 7. The van der Waals surface area contributed by atoms with Gasteiger partial charge in [0.1, 0.15) is 5.82 Å². The van der Waals surface area contributed by atoms with E-state index in [9.17, 15) is 24.1 Å². The van der Waals surface area contributed by atoms with Gasteiger partial charge in [0.05, 0.1) is 21.9 Å². The summed E-state index contributed by atoms with van der Waals surface area (Å²) in [5.41, 5.74) is 5.74. The first-order valence-corrected chi connectivity index (χ1v) is 8.85. The van der Waals surface area contributed by atoms with Crippen LogP contribution in [0.2, 0.25) is 0 Å². The van der Waals surface area contributed by atoms with Gasteiger partial charge in [-0.2, -0.15) is 0 Å². The number of nitrogens with zero attached hydrogens (tertiary/aromatic N) is 3. The minimum absolute atomic E-state index is 0.0484. The van der Waals surface area contributed by atoms with Crippen LogP contribution in [-0.2, 0) is 9.53 Å². The molecule has 9 nitrogen and oxygen atoms in total. The van der Waals surface area contributed by atoms with Crippen LogP contribution in [0, 0.1) is 15.9 Å². The average Bonchev–Trinajstić information content (AvgIpc) is 2.72. The Hall–Kier alpha value is -3.69. The summed E-state index contributed by atoms with van der Waals surface area (Å²) in [5.74, 6) is -1.54. The van der Waals surface area contributed by atoms with Crippen molar-refractivity contribution in [3.63, 3.8) is 0 Å². The normalized spacial score (nSPS) is 13.8. The maximum atomic E-state index is 13.9. The number of amides is 1. The van der Waals surface area contributed by atoms with Crippen molar-refractivity contribution in [3.8, 4) is 0 Å². The van der Waals surface area contributed by atoms with Crippen molar-refractivity contribution >= 4 is 28.9 Å². The number of para-hydroxylation sites is 1. The largest absolute Gasteiger partial charge is 0.452 e. The van der Waals surface area contributed by atoms with Crippen LogP contribution in [0.15, 0.2) is 42.5 Å². The molecule has 0 atom stereocenters. The van der Waals surface area contributed by atoms with Gasteiger partial charge >= 0.3 is 5.97 Å². The van der Waals surface area contributed by atoms with Crippen molar-refractivity contribution in [3.05, 3.63) is 64.0 Å². The number of halogens is 1. The zero-order valence-electron chi connectivity index (χ0n) is 15.4. The Morgan fingerprint density at radius 1 is 1.14 bits per heavy atom. The topological polar surface area (TPSA) is 119 Å². The molecule has 10 heteroatoms. The van der Waals surface area contributed by atoms with E-state index in [0.717, 1.165) is 12.1 Å². The third kappa shape index (κ3) is 4.60. The first-order valence-electron chi connectivity index (χ1n) is 8.85. The lowest BCUT2D eigenvalue weighted by Crippen LogP contribution is -2.50. The Labute approximate surface area is 165 Å². The van der Waals surface area contributed by atoms with Gasteiger partial charge in [0.15, 0.2) is 6.61 Å². The fourth-order valence-electron chi connectivity index (χ4n) is 3.05. The monoisotopic (exact) mass is 402 g/mol. The summed E-state index contributed by atoms with van der Waals surface area (Å²) in [5, 5.41) is 10.7. The van der Waals surface area contributed by atoms with Gasteiger partial charge in [-0.3, -0.25) is 14.9 Å². The van der Waals surface area contributed by atoms with Gasteiger partial charge in [-0.05, 0) is 18.2 Å². The number of carbonyl (C=O) groups is 2. The van der Waals surface area contributed by atoms with Crippen LogP contribution in [0.25, 0.3) is 0 Å². The van der Waals surface area contributed by atoms with E-state index in [1.165, 1.54) is 17.0 Å². The molecule has 1 saturated heterocycles. The molecule has 0 unspecified atom stereocenters. The van der Waals surface area contributed by atoms with E-state index >= 15 is 0 Å². The fraction of sp³-hybridized carbons (Fsp3) is 0.263. The molecular weight excluding hydrogens is 383 g/mol. The molecular formula is C19H19FN4O5. The molecule has 0 bridgehead atoms. The second-order valence-electron chi connectivity index (χ2n) is 6.42. The third-order valence-corrected chi connectivity index (χ3v) is 4.62. The number of rotatable bonds is 5. The number of nitrogen functional groups attached to an aromatic ring is 1. The van der Waals surface area contributed by atoms with Crippen LogP contribution in [0.5, 0.6) is 0 Å². The van der Waals surface area contributed by atoms with Crippen LogP contribution in [0.3, 0.4) is 0 Å². The van der Waals surface area contributed by atoms with Crippen molar-refractivity contribution in [2.24, 2.45) is 0 Å². The second kappa shape index (κ2) is 8.55. The zero-order valence-corrected chi connectivity index (χ0v) is 15.4. The minimum Gasteiger partial charge on any atom is -0.452 e. The molecule has 1 amide bonds. The smallest absolute Gasteiger partial charge is 0.340 e. The number of carbonyl (C=O) groups excluding carboxylic acids is 2. The van der Waals surface area contributed by atoms with E-state index in [0.29, 0.717) is 31.9 Å². The van der Waals surface area contributed by atoms with Gasteiger partial charge in [0.25, 0.3) is 11.6 Å². The number of non-ortho nitro benzene ring substituents is 1. The Bertz CT molecular complexity index is 944. The standard InChI is InChI=1S/C19H19FN4O5/c20-15-3-1-2-4-17(15)22-7-9-23(10-8-22)18(25)12-29-19(26)14-6-5-13(24(27)28)11-16(14)21/h1-6,11H,7-10,12,21H2. The van der Waals surface area contributed by atoms with Gasteiger partial charge in [0.2, 0.25) is 0 Å². The molecule has 1 fully saturated rings. The van der Waals surface area contributed by atoms with Crippen molar-refractivity contribution in [1.82, 2.24) is 4.90 Å². The highest BCUT2D eigenvalue weighted by Crippen LogP contribution is 2.21. The number of benzene rings is 2. The van der Waals surface area contributed by atoms with Gasteiger partial charge in [-0.1, -0.05) is 12.1 Å². The highest BCUT2D eigenvalue weighted by atomic mass is 19.1. The number of nitro benzene ring substituents is 1. The number of piperazine rings is 1. The quantitative estimate of drug-likeness (QED) is 0.351.